The van der Waals surface area contributed by atoms with Crippen molar-refractivity contribution in [3.05, 3.63) is 94.9 Å². The molecule has 1 amide bonds. The van der Waals surface area contributed by atoms with Crippen molar-refractivity contribution < 1.29 is 13.9 Å². The number of para-hydroxylation sites is 1. The Morgan fingerprint density at radius 3 is 2.66 bits per heavy atom. The Labute approximate surface area is 232 Å². The van der Waals surface area contributed by atoms with Crippen LogP contribution in [0.3, 0.4) is 0 Å². The molecule has 3 heterocycles. The van der Waals surface area contributed by atoms with Crippen molar-refractivity contribution in [2.45, 2.75) is 33.7 Å². The summed E-state index contributed by atoms with van der Waals surface area (Å²) in [4.78, 5) is 15.4. The number of hydrogen-bond donors (Lipinski definition) is 0. The smallest absolute Gasteiger partial charge is 0.266 e. The van der Waals surface area contributed by atoms with E-state index in [1.165, 1.54) is 11.8 Å². The van der Waals surface area contributed by atoms with Crippen LogP contribution in [0.2, 0.25) is 0 Å². The fourth-order valence-electron chi connectivity index (χ4n) is 4.13. The summed E-state index contributed by atoms with van der Waals surface area (Å²) < 4.78 is 13.8. The summed E-state index contributed by atoms with van der Waals surface area (Å²) in [6.07, 6.45) is 6.43. The van der Waals surface area contributed by atoms with Crippen molar-refractivity contribution in [3.63, 3.8) is 0 Å². The van der Waals surface area contributed by atoms with Gasteiger partial charge in [0.1, 0.15) is 21.5 Å². The van der Waals surface area contributed by atoms with Crippen molar-refractivity contribution in [3.8, 4) is 22.7 Å². The molecule has 5 rings (SSSR count). The number of aryl methyl sites for hydroxylation is 1. The fourth-order valence-corrected chi connectivity index (χ4v) is 5.38. The Balaban J connectivity index is 1.48. The number of nitrogens with zero attached hydrogens (tertiary/aromatic N) is 3. The van der Waals surface area contributed by atoms with E-state index in [9.17, 15) is 4.79 Å². The van der Waals surface area contributed by atoms with Crippen LogP contribution >= 0.6 is 24.0 Å². The van der Waals surface area contributed by atoms with Crippen LogP contribution in [-0.4, -0.2) is 31.5 Å². The van der Waals surface area contributed by atoms with Gasteiger partial charge < -0.3 is 9.15 Å². The molecule has 0 saturated carbocycles. The first-order chi connectivity index (χ1) is 18.4. The monoisotopic (exact) mass is 543 g/mol. The van der Waals surface area contributed by atoms with Crippen LogP contribution in [0.15, 0.2) is 82.4 Å². The third kappa shape index (κ3) is 5.76. The maximum atomic E-state index is 13.3. The van der Waals surface area contributed by atoms with Gasteiger partial charge in [-0.25, -0.2) is 4.68 Å². The maximum Gasteiger partial charge on any atom is 0.266 e. The first-order valence-electron chi connectivity index (χ1n) is 12.6. The SMILES string of the molecule is Cc1cc(-c2nn(-c3ccccc3)cc2/C=C2\SC(=S)N(Cc3ccco3)C2=O)ccc1OCCC(C)C. The van der Waals surface area contributed by atoms with E-state index in [1.807, 2.05) is 72.4 Å². The second-order valence-electron chi connectivity index (χ2n) is 9.57. The fraction of sp³-hybridized carbons (Fsp3) is 0.233. The van der Waals surface area contributed by atoms with Crippen molar-refractivity contribution >= 4 is 40.3 Å². The van der Waals surface area contributed by atoms with Crippen LogP contribution in [0.1, 0.15) is 37.2 Å². The van der Waals surface area contributed by atoms with Gasteiger partial charge in [-0.3, -0.25) is 9.69 Å². The number of thioether (sulfide) groups is 1. The van der Waals surface area contributed by atoms with E-state index >= 15 is 0 Å². The van der Waals surface area contributed by atoms with E-state index in [2.05, 4.69) is 19.9 Å². The Kier molecular flexibility index (Phi) is 7.81. The van der Waals surface area contributed by atoms with Crippen molar-refractivity contribution in [1.82, 2.24) is 14.7 Å². The molecule has 1 fully saturated rings. The normalized spacial score (nSPS) is 14.7. The van der Waals surface area contributed by atoms with E-state index < -0.39 is 0 Å². The van der Waals surface area contributed by atoms with Crippen LogP contribution in [0.5, 0.6) is 5.75 Å². The standard InChI is InChI=1S/C30H29N3O3S2/c1-20(2)13-15-36-26-12-11-22(16-21(26)3)28-23(18-33(31-28)24-8-5-4-6-9-24)17-27-29(34)32(30(37)38-27)19-25-10-7-14-35-25/h4-12,14,16-18,20H,13,15,19H2,1-3H3/b27-17-. The molecule has 1 saturated heterocycles. The van der Waals surface area contributed by atoms with Gasteiger partial charge in [0, 0.05) is 17.3 Å². The molecule has 194 valence electrons. The summed E-state index contributed by atoms with van der Waals surface area (Å²) in [5, 5.41) is 4.92. The molecule has 4 aromatic rings. The summed E-state index contributed by atoms with van der Waals surface area (Å²) >= 11 is 6.82. The third-order valence-corrected chi connectivity index (χ3v) is 7.60. The summed E-state index contributed by atoms with van der Waals surface area (Å²) in [5.74, 6) is 2.01. The highest BCUT2D eigenvalue weighted by Crippen LogP contribution is 2.36. The van der Waals surface area contributed by atoms with E-state index in [0.29, 0.717) is 34.1 Å². The molecule has 0 atom stereocenters. The number of carbonyl (C=O) groups excluding carboxylic acids is 1. The van der Waals surface area contributed by atoms with Crippen molar-refractivity contribution in [2.24, 2.45) is 5.92 Å². The minimum absolute atomic E-state index is 0.139. The van der Waals surface area contributed by atoms with Gasteiger partial charge >= 0.3 is 0 Å². The Morgan fingerprint density at radius 2 is 1.95 bits per heavy atom. The van der Waals surface area contributed by atoms with Crippen LogP contribution in [0.25, 0.3) is 23.0 Å². The predicted molar refractivity (Wildman–Crippen MR) is 156 cm³/mol. The highest BCUT2D eigenvalue weighted by molar-refractivity contribution is 8.26. The van der Waals surface area contributed by atoms with Gasteiger partial charge in [0.25, 0.3) is 5.91 Å². The Bertz CT molecular complexity index is 1470. The number of hydrogen-bond acceptors (Lipinski definition) is 6. The van der Waals surface area contributed by atoms with Gasteiger partial charge in [-0.05, 0) is 73.4 Å². The average Bonchev–Trinajstić information content (AvgIpc) is 3.63. The van der Waals surface area contributed by atoms with Crippen LogP contribution < -0.4 is 4.74 Å². The average molecular weight is 544 g/mol. The first-order valence-corrected chi connectivity index (χ1v) is 13.8. The molecular weight excluding hydrogens is 514 g/mol. The van der Waals surface area contributed by atoms with E-state index in [4.69, 9.17) is 26.5 Å². The molecule has 0 aliphatic carbocycles. The summed E-state index contributed by atoms with van der Waals surface area (Å²) in [7, 11) is 0. The molecule has 8 heteroatoms. The molecule has 0 N–H and O–H groups in total. The number of benzene rings is 2. The van der Waals surface area contributed by atoms with Gasteiger partial charge in [-0.1, -0.05) is 56.0 Å². The Morgan fingerprint density at radius 1 is 1.13 bits per heavy atom. The third-order valence-electron chi connectivity index (χ3n) is 6.22. The van der Waals surface area contributed by atoms with Gasteiger partial charge in [0.05, 0.1) is 30.0 Å². The number of rotatable bonds is 9. The zero-order valence-corrected chi connectivity index (χ0v) is 23.2. The largest absolute Gasteiger partial charge is 0.493 e. The summed E-state index contributed by atoms with van der Waals surface area (Å²) in [6.45, 7) is 7.42. The zero-order valence-electron chi connectivity index (χ0n) is 21.6. The molecule has 2 aromatic heterocycles. The summed E-state index contributed by atoms with van der Waals surface area (Å²) in [5.41, 5.74) is 4.54. The quantitative estimate of drug-likeness (QED) is 0.163. The lowest BCUT2D eigenvalue weighted by Crippen LogP contribution is -2.27. The van der Waals surface area contributed by atoms with Crippen LogP contribution in [0, 0.1) is 12.8 Å². The lowest BCUT2D eigenvalue weighted by atomic mass is 10.0. The number of aromatic nitrogens is 2. The number of thiocarbonyl (C=S) groups is 1. The lowest BCUT2D eigenvalue weighted by molar-refractivity contribution is -0.122. The number of amides is 1. The second kappa shape index (κ2) is 11.4. The molecule has 6 nitrogen and oxygen atoms in total. The summed E-state index contributed by atoms with van der Waals surface area (Å²) in [6, 6.07) is 19.7. The van der Waals surface area contributed by atoms with Crippen molar-refractivity contribution in [1.29, 1.82) is 0 Å². The van der Waals surface area contributed by atoms with Gasteiger partial charge in [0.15, 0.2) is 0 Å². The predicted octanol–water partition coefficient (Wildman–Crippen LogP) is 7.27. The number of carbonyl (C=O) groups is 1. The van der Waals surface area contributed by atoms with Gasteiger partial charge in [0.2, 0.25) is 0 Å². The molecule has 0 radical (unpaired) electrons. The highest BCUT2D eigenvalue weighted by Gasteiger charge is 2.33. The van der Waals surface area contributed by atoms with E-state index in [1.54, 1.807) is 17.2 Å². The van der Waals surface area contributed by atoms with Crippen molar-refractivity contribution in [2.75, 3.05) is 6.61 Å². The molecule has 38 heavy (non-hydrogen) atoms. The molecule has 0 bridgehead atoms. The Hall–Kier alpha value is -3.62. The molecule has 0 spiro atoms. The zero-order chi connectivity index (χ0) is 26.6. The highest BCUT2D eigenvalue weighted by atomic mass is 32.2. The molecule has 1 aliphatic heterocycles. The second-order valence-corrected chi connectivity index (χ2v) is 11.2. The van der Waals surface area contributed by atoms with Gasteiger partial charge in [-0.15, -0.1) is 0 Å². The van der Waals surface area contributed by atoms with Crippen LogP contribution in [0.4, 0.5) is 0 Å². The maximum absolute atomic E-state index is 13.3. The lowest BCUT2D eigenvalue weighted by Gasteiger charge is -2.12. The first kappa shape index (κ1) is 26.0. The van der Waals surface area contributed by atoms with Gasteiger partial charge in [-0.2, -0.15) is 5.10 Å². The van der Waals surface area contributed by atoms with Crippen LogP contribution in [-0.2, 0) is 11.3 Å². The molecule has 2 aromatic carbocycles. The molecule has 1 aliphatic rings. The van der Waals surface area contributed by atoms with E-state index in [0.717, 1.165) is 40.2 Å². The number of furan rings is 1. The topological polar surface area (TPSA) is 60.5 Å². The number of ether oxygens (including phenoxy) is 1. The minimum Gasteiger partial charge on any atom is -0.493 e. The molecule has 0 unspecified atom stereocenters. The molecular formula is C30H29N3O3S2. The van der Waals surface area contributed by atoms with E-state index in [-0.39, 0.29) is 5.91 Å². The minimum atomic E-state index is -0.139.